The number of fused-ring (bicyclic) bond motifs is 2. The van der Waals surface area contributed by atoms with E-state index >= 15 is 0 Å². The molecule has 2 aromatic heterocycles. The molecule has 1 saturated heterocycles. The van der Waals surface area contributed by atoms with Gasteiger partial charge in [0.25, 0.3) is 0 Å². The maximum absolute atomic E-state index is 11.6. The molecule has 0 aliphatic carbocycles. The summed E-state index contributed by atoms with van der Waals surface area (Å²) in [7, 11) is -3.05. The first-order valence-corrected chi connectivity index (χ1v) is 23.8. The standard InChI is InChI=1S/C34H54ClN5O4Si2/c1-34(2,3)46(7,8)44-16-14-28(24-9-11-26(35)12-10-24)38-33(41)25-13-15-40-27(19-25)21-43-29-20-39(23-42-17-18-45(4,5)6)31-30(29)32(40)37-22-36-31/h9-12,20,22,25,27-28,33,38,41H,13-19,21,23H2,1-8H3/t25?,27-,28-,33?/m0/s1. The van der Waals surface area contributed by atoms with Crippen LogP contribution in [0.3, 0.4) is 0 Å². The Bertz CT molecular complexity index is 1460. The van der Waals surface area contributed by atoms with Crippen LogP contribution in [-0.4, -0.2) is 74.7 Å². The molecule has 46 heavy (non-hydrogen) atoms. The van der Waals surface area contributed by atoms with Crippen LogP contribution in [-0.2, 0) is 15.9 Å². The van der Waals surface area contributed by atoms with Crippen LogP contribution in [0.5, 0.6) is 5.75 Å². The van der Waals surface area contributed by atoms with E-state index < -0.39 is 22.6 Å². The molecule has 2 unspecified atom stereocenters. The zero-order chi connectivity index (χ0) is 33.3. The van der Waals surface area contributed by atoms with E-state index in [1.807, 2.05) is 35.0 Å². The van der Waals surface area contributed by atoms with Crippen molar-refractivity contribution in [1.82, 2.24) is 19.9 Å². The van der Waals surface area contributed by atoms with Crippen molar-refractivity contribution in [3.8, 4) is 5.75 Å². The SMILES string of the molecule is CC(C)(C)[Si](C)(C)OCC[C@H](NC(O)C1CCN2c3ncnc4c3c(cn4COCC[Si](C)(C)C)OC[C@@H]2C1)c1ccc(Cl)cc1. The predicted molar refractivity (Wildman–Crippen MR) is 192 cm³/mol. The molecule has 3 aromatic rings. The molecule has 12 heteroatoms. The Kier molecular flexibility index (Phi) is 10.9. The van der Waals surface area contributed by atoms with Gasteiger partial charge in [0, 0.05) is 44.8 Å². The Morgan fingerprint density at radius 3 is 2.54 bits per heavy atom. The molecule has 0 bridgehead atoms. The van der Waals surface area contributed by atoms with Gasteiger partial charge in [0.15, 0.2) is 14.0 Å². The van der Waals surface area contributed by atoms with Crippen molar-refractivity contribution < 1.29 is 19.0 Å². The number of ether oxygens (including phenoxy) is 2. The Hall–Kier alpha value is -2.00. The summed E-state index contributed by atoms with van der Waals surface area (Å²) < 4.78 is 21.0. The summed E-state index contributed by atoms with van der Waals surface area (Å²) in [5, 5.41) is 17.0. The summed E-state index contributed by atoms with van der Waals surface area (Å²) in [5.41, 5.74) is 1.94. The second-order valence-corrected chi connectivity index (χ2v) is 26.6. The third-order valence-electron chi connectivity index (χ3n) is 10.1. The first-order chi connectivity index (χ1) is 21.6. The molecule has 254 valence electrons. The van der Waals surface area contributed by atoms with Gasteiger partial charge in [0.1, 0.15) is 42.8 Å². The number of piperidine rings is 1. The minimum atomic E-state index is -1.89. The van der Waals surface area contributed by atoms with Gasteiger partial charge in [-0.3, -0.25) is 5.32 Å². The highest BCUT2D eigenvalue weighted by molar-refractivity contribution is 6.76. The van der Waals surface area contributed by atoms with Gasteiger partial charge in [-0.05, 0) is 61.1 Å². The number of rotatable bonds is 13. The predicted octanol–water partition coefficient (Wildman–Crippen LogP) is 7.44. The molecule has 4 heterocycles. The first kappa shape index (κ1) is 35.3. The number of aliphatic hydroxyl groups excluding tert-OH is 1. The summed E-state index contributed by atoms with van der Waals surface area (Å²) in [4.78, 5) is 11.7. The van der Waals surface area contributed by atoms with E-state index in [9.17, 15) is 5.11 Å². The number of hydrogen-bond acceptors (Lipinski definition) is 8. The zero-order valence-corrected chi connectivity index (χ0v) is 31.7. The smallest absolute Gasteiger partial charge is 0.191 e. The van der Waals surface area contributed by atoms with E-state index in [4.69, 9.17) is 30.5 Å². The van der Waals surface area contributed by atoms with E-state index in [0.717, 1.165) is 66.6 Å². The molecular weight excluding hydrogens is 634 g/mol. The van der Waals surface area contributed by atoms with Crippen molar-refractivity contribution in [2.45, 2.75) is 109 Å². The van der Waals surface area contributed by atoms with Gasteiger partial charge in [-0.1, -0.05) is 64.1 Å². The van der Waals surface area contributed by atoms with Crippen LogP contribution in [0.1, 0.15) is 51.6 Å². The summed E-state index contributed by atoms with van der Waals surface area (Å²) in [6, 6.07) is 9.07. The number of nitrogens with zero attached hydrogens (tertiary/aromatic N) is 4. The third-order valence-corrected chi connectivity index (χ3v) is 16.5. The fourth-order valence-corrected chi connectivity index (χ4v) is 8.01. The van der Waals surface area contributed by atoms with E-state index in [2.05, 4.69) is 68.7 Å². The van der Waals surface area contributed by atoms with E-state index in [1.165, 1.54) is 0 Å². The molecule has 4 atom stereocenters. The van der Waals surface area contributed by atoms with Gasteiger partial charge in [-0.2, -0.15) is 0 Å². The van der Waals surface area contributed by atoms with Crippen molar-refractivity contribution in [2.24, 2.45) is 5.92 Å². The Morgan fingerprint density at radius 2 is 1.85 bits per heavy atom. The zero-order valence-electron chi connectivity index (χ0n) is 29.0. The highest BCUT2D eigenvalue weighted by Crippen LogP contribution is 2.41. The van der Waals surface area contributed by atoms with Crippen LogP contribution in [0.4, 0.5) is 5.82 Å². The molecule has 0 saturated carbocycles. The number of hydrogen-bond donors (Lipinski definition) is 2. The second-order valence-electron chi connectivity index (χ2n) is 15.8. The largest absolute Gasteiger partial charge is 0.489 e. The fourth-order valence-electron chi connectivity index (χ4n) is 6.06. The lowest BCUT2D eigenvalue weighted by Crippen LogP contribution is -2.51. The Labute approximate surface area is 282 Å². The molecular formula is C34H54ClN5O4Si2. The molecule has 0 spiro atoms. The molecule has 0 radical (unpaired) electrons. The summed E-state index contributed by atoms with van der Waals surface area (Å²) >= 11 is 6.22. The van der Waals surface area contributed by atoms with Crippen LogP contribution in [0.2, 0.25) is 48.8 Å². The Morgan fingerprint density at radius 1 is 1.11 bits per heavy atom. The highest BCUT2D eigenvalue weighted by Gasteiger charge is 2.39. The van der Waals surface area contributed by atoms with E-state index in [-0.39, 0.29) is 23.0 Å². The lowest BCUT2D eigenvalue weighted by atomic mass is 9.88. The van der Waals surface area contributed by atoms with E-state index in [0.29, 0.717) is 25.0 Å². The molecule has 5 rings (SSSR count). The van der Waals surface area contributed by atoms with Crippen LogP contribution in [0, 0.1) is 5.92 Å². The maximum Gasteiger partial charge on any atom is 0.191 e. The quantitative estimate of drug-likeness (QED) is 0.109. The number of aromatic nitrogens is 3. The van der Waals surface area contributed by atoms with Crippen molar-refractivity contribution in [3.63, 3.8) is 0 Å². The minimum Gasteiger partial charge on any atom is -0.489 e. The van der Waals surface area contributed by atoms with Crippen molar-refractivity contribution >= 4 is 44.8 Å². The summed E-state index contributed by atoms with van der Waals surface area (Å²) in [6.07, 6.45) is 5.36. The normalized spacial score (nSPS) is 20.3. The monoisotopic (exact) mass is 687 g/mol. The molecule has 2 aliphatic rings. The molecule has 0 amide bonds. The van der Waals surface area contributed by atoms with Gasteiger partial charge < -0.3 is 28.5 Å². The molecule has 2 aliphatic heterocycles. The van der Waals surface area contributed by atoms with Crippen LogP contribution in [0.15, 0.2) is 36.8 Å². The highest BCUT2D eigenvalue weighted by atomic mass is 35.5. The topological polar surface area (TPSA) is 93.9 Å². The van der Waals surface area contributed by atoms with Gasteiger partial charge in [-0.25, -0.2) is 9.97 Å². The third kappa shape index (κ3) is 8.34. The number of nitrogens with one attached hydrogen (secondary N) is 1. The van der Waals surface area contributed by atoms with Crippen molar-refractivity contribution in [3.05, 3.63) is 47.4 Å². The lowest BCUT2D eigenvalue weighted by Gasteiger charge is -2.41. The van der Waals surface area contributed by atoms with Gasteiger partial charge in [0.05, 0.1) is 12.2 Å². The average Bonchev–Trinajstić information content (AvgIpc) is 3.26. The Balaban J connectivity index is 1.25. The average molecular weight is 688 g/mol. The molecule has 9 nitrogen and oxygen atoms in total. The molecule has 2 N–H and O–H groups in total. The van der Waals surface area contributed by atoms with Gasteiger partial charge >= 0.3 is 0 Å². The van der Waals surface area contributed by atoms with Crippen LogP contribution in [0.25, 0.3) is 11.0 Å². The lowest BCUT2D eigenvalue weighted by molar-refractivity contribution is 0.0375. The maximum atomic E-state index is 11.6. The van der Waals surface area contributed by atoms with Crippen LogP contribution >= 0.6 is 11.6 Å². The van der Waals surface area contributed by atoms with Crippen LogP contribution < -0.4 is 15.0 Å². The van der Waals surface area contributed by atoms with Gasteiger partial charge in [-0.15, -0.1) is 0 Å². The molecule has 1 fully saturated rings. The van der Waals surface area contributed by atoms with Crippen molar-refractivity contribution in [2.75, 3.05) is 31.3 Å². The van der Waals surface area contributed by atoms with E-state index in [1.54, 1.807) is 6.33 Å². The van der Waals surface area contributed by atoms with Crippen molar-refractivity contribution in [1.29, 1.82) is 0 Å². The minimum absolute atomic E-state index is 0.0597. The fraction of sp³-hybridized carbons (Fsp3) is 0.647. The number of anilines is 1. The number of aliphatic hydroxyl groups is 1. The first-order valence-electron chi connectivity index (χ1n) is 16.8. The number of halogens is 1. The summed E-state index contributed by atoms with van der Waals surface area (Å²) in [6.45, 7) is 21.5. The van der Waals surface area contributed by atoms with Gasteiger partial charge in [0.2, 0.25) is 0 Å². The molecule has 1 aromatic carbocycles. The second kappa shape index (κ2) is 14.2. The number of benzene rings is 1. The summed E-state index contributed by atoms with van der Waals surface area (Å²) in [5.74, 6) is 1.77.